The van der Waals surface area contributed by atoms with Crippen molar-refractivity contribution in [2.45, 2.75) is 12.2 Å². The summed E-state index contributed by atoms with van der Waals surface area (Å²) in [7, 11) is 1.48. The van der Waals surface area contributed by atoms with E-state index in [1.807, 2.05) is 0 Å². The largest absolute Gasteiger partial charge is 0.497 e. The Morgan fingerprint density at radius 1 is 1.02 bits per heavy atom. The van der Waals surface area contributed by atoms with Gasteiger partial charge >= 0.3 is 11.9 Å². The van der Waals surface area contributed by atoms with Crippen LogP contribution in [0.4, 0.5) is 0 Å². The van der Waals surface area contributed by atoms with Crippen LogP contribution < -0.4 is 18.9 Å². The van der Waals surface area contributed by atoms with E-state index in [1.165, 1.54) is 7.11 Å². The van der Waals surface area contributed by atoms with E-state index in [2.05, 4.69) is 8.75 Å². The third-order valence-corrected chi connectivity index (χ3v) is 7.18. The summed E-state index contributed by atoms with van der Waals surface area (Å²) in [6.07, 6.45) is -0.0294. The molecule has 11 nitrogen and oxygen atoms in total. The minimum atomic E-state index is -2.18. The molecular formula is C28H22N2O9S. The van der Waals surface area contributed by atoms with Gasteiger partial charge in [0, 0.05) is 23.6 Å². The first kappa shape index (κ1) is 25.6. The van der Waals surface area contributed by atoms with Crippen molar-refractivity contribution in [2.24, 2.45) is 0 Å². The van der Waals surface area contributed by atoms with Crippen molar-refractivity contribution in [1.82, 2.24) is 8.75 Å². The van der Waals surface area contributed by atoms with Crippen molar-refractivity contribution in [3.63, 3.8) is 0 Å². The van der Waals surface area contributed by atoms with Gasteiger partial charge in [-0.05, 0) is 47.5 Å². The van der Waals surface area contributed by atoms with Crippen LogP contribution in [0.5, 0.6) is 23.0 Å². The van der Waals surface area contributed by atoms with Crippen LogP contribution in [0.15, 0.2) is 60.2 Å². The number of carboxylic acids is 1. The van der Waals surface area contributed by atoms with Crippen LogP contribution in [0.1, 0.15) is 16.7 Å². The van der Waals surface area contributed by atoms with Crippen molar-refractivity contribution in [3.05, 3.63) is 76.9 Å². The normalized spacial score (nSPS) is 18.1. The number of rotatable bonds is 8. The van der Waals surface area contributed by atoms with E-state index in [1.54, 1.807) is 54.6 Å². The average molecular weight is 563 g/mol. The van der Waals surface area contributed by atoms with Gasteiger partial charge in [-0.15, -0.1) is 0 Å². The third-order valence-electron chi connectivity index (χ3n) is 6.62. The number of carbonyl (C=O) groups excluding carboxylic acids is 1. The number of carboxylic acid groups (broad SMARTS) is 1. The number of nitrogens with zero attached hydrogens (tertiary/aromatic N) is 2. The molecule has 204 valence electrons. The van der Waals surface area contributed by atoms with Gasteiger partial charge in [-0.25, -0.2) is 9.59 Å². The molecule has 3 heterocycles. The fourth-order valence-electron chi connectivity index (χ4n) is 4.74. The Morgan fingerprint density at radius 2 is 1.82 bits per heavy atom. The van der Waals surface area contributed by atoms with Gasteiger partial charge in [-0.3, -0.25) is 0 Å². The summed E-state index contributed by atoms with van der Waals surface area (Å²) in [5.74, 6) is -2.50. The van der Waals surface area contributed by atoms with Gasteiger partial charge in [-0.1, -0.05) is 12.1 Å². The van der Waals surface area contributed by atoms with Crippen molar-refractivity contribution < 1.29 is 43.5 Å². The highest BCUT2D eigenvalue weighted by molar-refractivity contribution is 7.00. The minimum Gasteiger partial charge on any atom is -0.497 e. The fourth-order valence-corrected chi connectivity index (χ4v) is 5.25. The van der Waals surface area contributed by atoms with Gasteiger partial charge in [0.05, 0.1) is 24.4 Å². The zero-order valence-corrected chi connectivity index (χ0v) is 21.9. The van der Waals surface area contributed by atoms with Crippen LogP contribution in [0.2, 0.25) is 0 Å². The second-order valence-electron chi connectivity index (χ2n) is 9.05. The summed E-state index contributed by atoms with van der Waals surface area (Å²) >= 11 is 1.05. The van der Waals surface area contributed by atoms with Crippen LogP contribution in [-0.2, 0) is 26.5 Å². The highest BCUT2D eigenvalue weighted by Crippen LogP contribution is 2.47. The Bertz CT molecular complexity index is 1680. The molecule has 6 rings (SSSR count). The fraction of sp³-hybridized carbons (Fsp3) is 0.214. The van der Waals surface area contributed by atoms with E-state index in [0.717, 1.165) is 11.7 Å². The Hall–Kier alpha value is -4.68. The number of aliphatic carboxylic acids is 1. The molecule has 0 saturated heterocycles. The van der Waals surface area contributed by atoms with Gasteiger partial charge in [0.25, 0.3) is 5.79 Å². The number of benzene rings is 3. The lowest BCUT2D eigenvalue weighted by molar-refractivity contribution is -0.185. The lowest BCUT2D eigenvalue weighted by Crippen LogP contribution is -2.30. The molecule has 0 bridgehead atoms. The number of methoxy groups -OCH3 is 1. The summed E-state index contributed by atoms with van der Waals surface area (Å²) in [6, 6.07) is 14.9. The van der Waals surface area contributed by atoms with Crippen LogP contribution in [-0.4, -0.2) is 57.8 Å². The second kappa shape index (κ2) is 10.1. The second-order valence-corrected chi connectivity index (χ2v) is 9.57. The predicted molar refractivity (Wildman–Crippen MR) is 142 cm³/mol. The zero-order chi connectivity index (χ0) is 27.9. The molecule has 0 saturated carbocycles. The summed E-state index contributed by atoms with van der Waals surface area (Å²) in [5, 5.41) is 21.3. The summed E-state index contributed by atoms with van der Waals surface area (Å²) in [6.45, 7) is 0.132. The number of hydrogen-bond acceptors (Lipinski definition) is 11. The van der Waals surface area contributed by atoms with Crippen molar-refractivity contribution in [2.75, 3.05) is 26.9 Å². The van der Waals surface area contributed by atoms with Gasteiger partial charge in [0.15, 0.2) is 18.1 Å². The molecule has 12 heteroatoms. The van der Waals surface area contributed by atoms with Crippen LogP contribution in [0.25, 0.3) is 16.6 Å². The molecule has 40 heavy (non-hydrogen) atoms. The lowest BCUT2D eigenvalue weighted by atomic mass is 9.87. The number of aromatic nitrogens is 2. The predicted octanol–water partition coefficient (Wildman–Crippen LogP) is 3.33. The highest BCUT2D eigenvalue weighted by atomic mass is 32.1. The summed E-state index contributed by atoms with van der Waals surface area (Å²) < 4.78 is 36.4. The molecule has 0 fully saturated rings. The topological polar surface area (TPSA) is 147 Å². The smallest absolute Gasteiger partial charge is 0.342 e. The van der Waals surface area contributed by atoms with E-state index < -0.39 is 24.3 Å². The van der Waals surface area contributed by atoms with Gasteiger partial charge < -0.3 is 33.9 Å². The monoisotopic (exact) mass is 562 g/mol. The van der Waals surface area contributed by atoms with Gasteiger partial charge in [-0.2, -0.15) is 8.75 Å². The maximum Gasteiger partial charge on any atom is 0.342 e. The molecule has 3 aromatic carbocycles. The van der Waals surface area contributed by atoms with E-state index >= 15 is 0 Å². The van der Waals surface area contributed by atoms with E-state index in [0.29, 0.717) is 52.6 Å². The molecule has 0 radical (unpaired) electrons. The molecule has 0 amide bonds. The van der Waals surface area contributed by atoms with E-state index in [9.17, 15) is 19.8 Å². The van der Waals surface area contributed by atoms with Crippen LogP contribution >= 0.6 is 11.7 Å². The Kier molecular flexibility index (Phi) is 6.48. The third kappa shape index (κ3) is 4.56. The molecule has 1 atom stereocenters. The Morgan fingerprint density at radius 3 is 2.62 bits per heavy atom. The average Bonchev–Trinajstić information content (AvgIpc) is 3.53. The van der Waals surface area contributed by atoms with Crippen LogP contribution in [0.3, 0.4) is 0 Å². The molecule has 2 N–H and O–H groups in total. The molecule has 1 aromatic heterocycles. The highest BCUT2D eigenvalue weighted by Gasteiger charge is 2.49. The van der Waals surface area contributed by atoms with Crippen molar-refractivity contribution >= 4 is 40.3 Å². The van der Waals surface area contributed by atoms with Crippen molar-refractivity contribution in [1.29, 1.82) is 0 Å². The molecule has 0 aliphatic carbocycles. The van der Waals surface area contributed by atoms with Gasteiger partial charge in [0.1, 0.15) is 35.7 Å². The number of esters is 1. The minimum absolute atomic E-state index is 0.0294. The van der Waals surface area contributed by atoms with Crippen molar-refractivity contribution in [3.8, 4) is 23.0 Å². The first-order chi connectivity index (χ1) is 19.4. The Balaban J connectivity index is 1.52. The SMILES string of the molecule is COc1ccc(CC2=C(c3ccc4nsnc4c3)C(=O)OC2(O)c2ccc3c(c2)OCCO3)c(OCC(=O)O)c1. The molecule has 4 aromatic rings. The van der Waals surface area contributed by atoms with E-state index in [4.69, 9.17) is 23.7 Å². The standard InChI is InChI=1S/C28H22N2O9S/c1-35-18-5-2-15(23(13-18)38-14-25(31)32)10-19-26(16-3-6-20-21(11-16)30-40-29-20)27(33)39-28(19,34)17-4-7-22-24(12-17)37-9-8-36-22/h2-7,11-13,34H,8-10,14H2,1H3,(H,31,32). The summed E-state index contributed by atoms with van der Waals surface area (Å²) in [5.41, 5.74) is 2.87. The first-order valence-corrected chi connectivity index (χ1v) is 12.9. The number of aliphatic hydroxyl groups is 1. The van der Waals surface area contributed by atoms with Gasteiger partial charge in [0.2, 0.25) is 0 Å². The lowest BCUT2D eigenvalue weighted by Gasteiger charge is -2.28. The molecule has 1 unspecified atom stereocenters. The molecular weight excluding hydrogens is 540 g/mol. The molecule has 2 aliphatic rings. The number of hydrogen-bond donors (Lipinski definition) is 2. The molecule has 2 aliphatic heterocycles. The number of carbonyl (C=O) groups is 2. The van der Waals surface area contributed by atoms with Crippen LogP contribution in [0, 0.1) is 0 Å². The number of ether oxygens (including phenoxy) is 5. The van der Waals surface area contributed by atoms with E-state index in [-0.39, 0.29) is 28.9 Å². The number of fused-ring (bicyclic) bond motifs is 2. The summed E-state index contributed by atoms with van der Waals surface area (Å²) in [4.78, 5) is 24.7. The zero-order valence-electron chi connectivity index (χ0n) is 21.1. The number of cyclic esters (lactones) is 1. The first-order valence-electron chi connectivity index (χ1n) is 12.2. The Labute approximate surface area is 231 Å². The molecule has 0 spiro atoms. The quantitative estimate of drug-likeness (QED) is 0.305. The maximum absolute atomic E-state index is 13.5. The maximum atomic E-state index is 13.5.